The van der Waals surface area contributed by atoms with Gasteiger partial charge in [-0.25, -0.2) is 4.99 Å². The summed E-state index contributed by atoms with van der Waals surface area (Å²) >= 11 is 0. The fraction of sp³-hybridized carbons (Fsp3) is 0.500. The summed E-state index contributed by atoms with van der Waals surface area (Å²) in [6.45, 7) is 7.18. The highest BCUT2D eigenvalue weighted by Gasteiger charge is 2.27. The summed E-state index contributed by atoms with van der Waals surface area (Å²) in [7, 11) is 0. The Labute approximate surface area is 170 Å². The number of nitrogens with zero attached hydrogens (tertiary/aromatic N) is 1. The van der Waals surface area contributed by atoms with Gasteiger partial charge in [-0.15, -0.1) is 0 Å². The Morgan fingerprint density at radius 2 is 1.43 bits per heavy atom. The van der Waals surface area contributed by atoms with Gasteiger partial charge in [-0.2, -0.15) is 0 Å². The lowest BCUT2D eigenvalue weighted by Gasteiger charge is -2.28. The third-order valence-corrected chi connectivity index (χ3v) is 6.36. The van der Waals surface area contributed by atoms with E-state index < -0.39 is 0 Å². The lowest BCUT2D eigenvalue weighted by atomic mass is 9.77. The summed E-state index contributed by atoms with van der Waals surface area (Å²) in [5.74, 6) is 2.49. The number of hydrogen-bond acceptors (Lipinski definition) is 2. The van der Waals surface area contributed by atoms with Crippen LogP contribution in [0.15, 0.2) is 53.5 Å². The molecule has 2 nitrogen and oxygen atoms in total. The van der Waals surface area contributed by atoms with Gasteiger partial charge in [0.15, 0.2) is 0 Å². The summed E-state index contributed by atoms with van der Waals surface area (Å²) in [6, 6.07) is 17.9. The zero-order chi connectivity index (χ0) is 19.6. The molecule has 2 heteroatoms. The number of hydrogen-bond donors (Lipinski definition) is 0. The predicted molar refractivity (Wildman–Crippen MR) is 118 cm³/mol. The molecule has 2 aromatic carbocycles. The highest BCUT2D eigenvalue weighted by Crippen LogP contribution is 2.38. The van der Waals surface area contributed by atoms with E-state index in [1.54, 1.807) is 0 Å². The van der Waals surface area contributed by atoms with Gasteiger partial charge in [0.2, 0.25) is 5.90 Å². The van der Waals surface area contributed by atoms with E-state index in [0.29, 0.717) is 6.61 Å². The van der Waals surface area contributed by atoms with Crippen molar-refractivity contribution in [3.63, 3.8) is 0 Å². The number of ether oxygens (including phenoxy) is 1. The van der Waals surface area contributed by atoms with Crippen molar-refractivity contribution in [1.29, 1.82) is 0 Å². The lowest BCUT2D eigenvalue weighted by Crippen LogP contribution is -2.17. The van der Waals surface area contributed by atoms with Crippen LogP contribution in [0, 0.1) is 5.92 Å². The van der Waals surface area contributed by atoms with E-state index in [2.05, 4.69) is 74.3 Å². The van der Waals surface area contributed by atoms with E-state index >= 15 is 0 Å². The van der Waals surface area contributed by atoms with E-state index in [9.17, 15) is 0 Å². The first-order chi connectivity index (χ1) is 13.5. The van der Waals surface area contributed by atoms with Crippen molar-refractivity contribution in [3.8, 4) is 11.1 Å². The second-order valence-electron chi connectivity index (χ2n) is 9.22. The lowest BCUT2D eigenvalue weighted by molar-refractivity contribution is 0.279. The van der Waals surface area contributed by atoms with Gasteiger partial charge in [-0.3, -0.25) is 0 Å². The molecule has 4 rings (SSSR count). The van der Waals surface area contributed by atoms with Crippen LogP contribution in [0.2, 0.25) is 0 Å². The number of aliphatic imine (C=N–C) groups is 1. The van der Waals surface area contributed by atoms with Gasteiger partial charge < -0.3 is 4.74 Å². The Morgan fingerprint density at radius 1 is 0.857 bits per heavy atom. The fourth-order valence-corrected chi connectivity index (χ4v) is 4.68. The zero-order valence-corrected chi connectivity index (χ0v) is 17.6. The second kappa shape index (κ2) is 8.11. The van der Waals surface area contributed by atoms with Gasteiger partial charge in [0.1, 0.15) is 6.61 Å². The molecule has 28 heavy (non-hydrogen) atoms. The third kappa shape index (κ3) is 4.32. The molecule has 0 N–H and O–H groups in total. The summed E-state index contributed by atoms with van der Waals surface area (Å²) < 4.78 is 5.76. The predicted octanol–water partition coefficient (Wildman–Crippen LogP) is 6.98. The SMILES string of the molecule is CCCC1CCC(c2ccc(-c3ccc(C4=NC(C)(C)CO4)cc3)cc2)CC1. The largest absolute Gasteiger partial charge is 0.475 e. The van der Waals surface area contributed by atoms with Crippen LogP contribution >= 0.6 is 0 Å². The topological polar surface area (TPSA) is 21.6 Å². The van der Waals surface area contributed by atoms with E-state index in [0.717, 1.165) is 23.3 Å². The molecular weight excluding hydrogens is 342 g/mol. The van der Waals surface area contributed by atoms with Gasteiger partial charge in [0, 0.05) is 5.56 Å². The summed E-state index contributed by atoms with van der Waals surface area (Å²) in [6.07, 6.45) is 8.28. The molecule has 0 unspecified atom stereocenters. The molecule has 0 spiro atoms. The molecule has 1 fully saturated rings. The van der Waals surface area contributed by atoms with Crippen LogP contribution in [0.4, 0.5) is 0 Å². The highest BCUT2D eigenvalue weighted by atomic mass is 16.5. The fourth-order valence-electron chi connectivity index (χ4n) is 4.68. The molecule has 1 saturated carbocycles. The molecule has 0 bridgehead atoms. The van der Waals surface area contributed by atoms with Crippen LogP contribution in [0.25, 0.3) is 11.1 Å². The van der Waals surface area contributed by atoms with E-state index in [1.165, 1.54) is 55.2 Å². The van der Waals surface area contributed by atoms with Gasteiger partial charge in [0.05, 0.1) is 5.54 Å². The highest BCUT2D eigenvalue weighted by molar-refractivity contribution is 5.95. The molecule has 0 saturated heterocycles. The van der Waals surface area contributed by atoms with Crippen LogP contribution in [0.1, 0.15) is 76.3 Å². The minimum absolute atomic E-state index is 0.112. The average Bonchev–Trinajstić information content (AvgIpc) is 3.09. The Kier molecular flexibility index (Phi) is 5.57. The number of rotatable bonds is 5. The van der Waals surface area contributed by atoms with Crippen molar-refractivity contribution in [1.82, 2.24) is 0 Å². The van der Waals surface area contributed by atoms with E-state index in [-0.39, 0.29) is 5.54 Å². The molecule has 1 heterocycles. The van der Waals surface area contributed by atoms with Crippen molar-refractivity contribution in [3.05, 3.63) is 59.7 Å². The molecule has 148 valence electrons. The van der Waals surface area contributed by atoms with Crippen LogP contribution in [0.5, 0.6) is 0 Å². The van der Waals surface area contributed by atoms with Gasteiger partial charge in [-0.1, -0.05) is 56.2 Å². The average molecular weight is 376 g/mol. The molecule has 0 amide bonds. The van der Waals surface area contributed by atoms with Gasteiger partial charge >= 0.3 is 0 Å². The third-order valence-electron chi connectivity index (χ3n) is 6.36. The number of benzene rings is 2. The molecule has 1 aliphatic carbocycles. The zero-order valence-electron chi connectivity index (χ0n) is 17.6. The normalized spacial score (nSPS) is 23.9. The minimum Gasteiger partial charge on any atom is -0.475 e. The molecule has 0 aromatic heterocycles. The van der Waals surface area contributed by atoms with E-state index in [4.69, 9.17) is 4.74 Å². The van der Waals surface area contributed by atoms with Crippen molar-refractivity contribution in [2.24, 2.45) is 10.9 Å². The molecule has 0 radical (unpaired) electrons. The Balaban J connectivity index is 1.42. The molecule has 1 aliphatic heterocycles. The maximum atomic E-state index is 5.76. The Morgan fingerprint density at radius 3 is 1.96 bits per heavy atom. The van der Waals surface area contributed by atoms with Crippen LogP contribution < -0.4 is 0 Å². The molecule has 2 aliphatic rings. The van der Waals surface area contributed by atoms with Gasteiger partial charge in [-0.05, 0) is 80.2 Å². The summed E-state index contributed by atoms with van der Waals surface area (Å²) in [4.78, 5) is 4.67. The monoisotopic (exact) mass is 375 g/mol. The van der Waals surface area contributed by atoms with Crippen molar-refractivity contribution < 1.29 is 4.74 Å². The maximum absolute atomic E-state index is 5.76. The van der Waals surface area contributed by atoms with Crippen molar-refractivity contribution in [2.45, 2.75) is 70.8 Å². The maximum Gasteiger partial charge on any atom is 0.216 e. The first-order valence-electron chi connectivity index (χ1n) is 11.0. The Bertz CT molecular complexity index is 809. The quantitative estimate of drug-likeness (QED) is 0.552. The minimum atomic E-state index is -0.112. The summed E-state index contributed by atoms with van der Waals surface area (Å²) in [5.41, 5.74) is 5.00. The molecule has 0 atom stereocenters. The van der Waals surface area contributed by atoms with Crippen molar-refractivity contribution in [2.75, 3.05) is 6.61 Å². The smallest absolute Gasteiger partial charge is 0.216 e. The standard InChI is InChI=1S/C26H33NO/c1-4-5-19-6-8-20(9-7-19)21-10-12-22(13-11-21)23-14-16-24(17-15-23)25-27-26(2,3)18-28-25/h10-17,19-20H,4-9,18H2,1-3H3. The van der Waals surface area contributed by atoms with Gasteiger partial charge in [0.25, 0.3) is 0 Å². The van der Waals surface area contributed by atoms with Crippen LogP contribution in [-0.4, -0.2) is 18.0 Å². The first-order valence-corrected chi connectivity index (χ1v) is 11.0. The second-order valence-corrected chi connectivity index (χ2v) is 9.22. The summed E-state index contributed by atoms with van der Waals surface area (Å²) in [5, 5.41) is 0. The van der Waals surface area contributed by atoms with Crippen LogP contribution in [-0.2, 0) is 4.74 Å². The molecular formula is C26H33NO. The molecule has 2 aromatic rings. The van der Waals surface area contributed by atoms with Crippen molar-refractivity contribution >= 4 is 5.90 Å². The van der Waals surface area contributed by atoms with Crippen LogP contribution in [0.3, 0.4) is 0 Å². The van der Waals surface area contributed by atoms with E-state index in [1.807, 2.05) is 0 Å². The first kappa shape index (κ1) is 19.2. The Hall–Kier alpha value is -2.09.